The van der Waals surface area contributed by atoms with Gasteiger partial charge in [-0.3, -0.25) is 0 Å². The molecule has 2 aliphatic rings. The summed E-state index contributed by atoms with van der Waals surface area (Å²) in [5.41, 5.74) is 1.14. The molecule has 0 atom stereocenters. The molecule has 1 saturated carbocycles. The van der Waals surface area contributed by atoms with Crippen LogP contribution in [-0.2, 0) is 0 Å². The molecule has 1 aromatic heterocycles. The van der Waals surface area contributed by atoms with Crippen LogP contribution in [0.5, 0.6) is 0 Å². The van der Waals surface area contributed by atoms with Gasteiger partial charge in [-0.2, -0.15) is 5.10 Å². The summed E-state index contributed by atoms with van der Waals surface area (Å²) >= 11 is 0. The molecule has 0 amide bonds. The number of halogens is 1. The summed E-state index contributed by atoms with van der Waals surface area (Å²) in [6.07, 6.45) is 6.22. The third kappa shape index (κ3) is 3.41. The molecule has 24 heavy (non-hydrogen) atoms. The van der Waals surface area contributed by atoms with Crippen molar-refractivity contribution < 1.29 is 4.39 Å². The van der Waals surface area contributed by atoms with Gasteiger partial charge in [0.25, 0.3) is 0 Å². The standard InChI is InChI=1S/C19H23FN4/c20-16-4-1-3-14(11-16)15-12-18(13-15)22-17-6-9-24(10-7-17)19-5-2-8-21-23-19/h1-5,8,11,15,17-18,22H,6-7,9-10,12-13H2. The Labute approximate surface area is 142 Å². The van der Waals surface area contributed by atoms with Crippen molar-refractivity contribution in [2.45, 2.75) is 43.7 Å². The first kappa shape index (κ1) is 15.5. The molecule has 2 aromatic rings. The van der Waals surface area contributed by atoms with Gasteiger partial charge >= 0.3 is 0 Å². The average molecular weight is 326 g/mol. The number of nitrogens with zero attached hydrogens (tertiary/aromatic N) is 3. The largest absolute Gasteiger partial charge is 0.355 e. The summed E-state index contributed by atoms with van der Waals surface area (Å²) < 4.78 is 13.3. The number of hydrogen-bond acceptors (Lipinski definition) is 4. The van der Waals surface area contributed by atoms with Crippen LogP contribution in [0.3, 0.4) is 0 Å². The molecular weight excluding hydrogens is 303 g/mol. The maximum Gasteiger partial charge on any atom is 0.151 e. The van der Waals surface area contributed by atoms with Crippen LogP contribution in [0.15, 0.2) is 42.6 Å². The molecule has 2 heterocycles. The van der Waals surface area contributed by atoms with Gasteiger partial charge in [0, 0.05) is 31.4 Å². The van der Waals surface area contributed by atoms with Crippen molar-refractivity contribution in [1.29, 1.82) is 0 Å². The monoisotopic (exact) mass is 326 g/mol. The zero-order valence-corrected chi connectivity index (χ0v) is 13.7. The Kier molecular flexibility index (Phi) is 4.43. The van der Waals surface area contributed by atoms with Gasteiger partial charge < -0.3 is 10.2 Å². The Morgan fingerprint density at radius 2 is 1.88 bits per heavy atom. The van der Waals surface area contributed by atoms with Crippen molar-refractivity contribution in [3.05, 3.63) is 54.0 Å². The number of nitrogens with one attached hydrogen (secondary N) is 1. The Hall–Kier alpha value is -2.01. The van der Waals surface area contributed by atoms with E-state index in [2.05, 4.69) is 20.4 Å². The smallest absolute Gasteiger partial charge is 0.151 e. The quantitative estimate of drug-likeness (QED) is 0.937. The van der Waals surface area contributed by atoms with Crippen LogP contribution in [0.1, 0.15) is 37.2 Å². The number of aromatic nitrogens is 2. The van der Waals surface area contributed by atoms with Gasteiger partial charge in [-0.1, -0.05) is 12.1 Å². The SMILES string of the molecule is Fc1cccc(C2CC(NC3CCN(c4cccnn4)CC3)C2)c1. The number of anilines is 1. The number of rotatable bonds is 4. The topological polar surface area (TPSA) is 41.0 Å². The second-order valence-electron chi connectivity index (χ2n) is 6.93. The summed E-state index contributed by atoms with van der Waals surface area (Å²) in [7, 11) is 0. The van der Waals surface area contributed by atoms with E-state index in [-0.39, 0.29) is 5.82 Å². The Morgan fingerprint density at radius 1 is 1.04 bits per heavy atom. The third-order valence-electron chi connectivity index (χ3n) is 5.31. The van der Waals surface area contributed by atoms with Crippen molar-refractivity contribution in [2.24, 2.45) is 0 Å². The highest BCUT2D eigenvalue weighted by molar-refractivity contribution is 5.36. The van der Waals surface area contributed by atoms with Crippen molar-refractivity contribution in [3.8, 4) is 0 Å². The van der Waals surface area contributed by atoms with Crippen LogP contribution in [0.25, 0.3) is 0 Å². The van der Waals surface area contributed by atoms with E-state index in [4.69, 9.17) is 0 Å². The highest BCUT2D eigenvalue weighted by Gasteiger charge is 2.32. The predicted octanol–water partition coefficient (Wildman–Crippen LogP) is 3.12. The molecule has 2 fully saturated rings. The maximum atomic E-state index is 13.3. The van der Waals surface area contributed by atoms with Gasteiger partial charge in [0.2, 0.25) is 0 Å². The highest BCUT2D eigenvalue weighted by Crippen LogP contribution is 2.37. The number of piperidine rings is 1. The summed E-state index contributed by atoms with van der Waals surface area (Å²) in [5, 5.41) is 11.9. The minimum atomic E-state index is -0.125. The van der Waals surface area contributed by atoms with Crippen molar-refractivity contribution >= 4 is 5.82 Å². The Balaban J connectivity index is 1.23. The first-order chi connectivity index (χ1) is 11.8. The third-order valence-corrected chi connectivity index (χ3v) is 5.31. The molecule has 4 rings (SSSR count). The minimum Gasteiger partial charge on any atom is -0.355 e. The molecular formula is C19H23FN4. The molecule has 0 bridgehead atoms. The van der Waals surface area contributed by atoms with Gasteiger partial charge in [-0.05, 0) is 61.4 Å². The molecule has 0 unspecified atom stereocenters. The summed E-state index contributed by atoms with van der Waals surface area (Å²) in [6, 6.07) is 12.2. The summed E-state index contributed by atoms with van der Waals surface area (Å²) in [6.45, 7) is 2.05. The molecule has 1 aliphatic carbocycles. The zero-order chi connectivity index (χ0) is 16.4. The van der Waals surface area contributed by atoms with E-state index in [0.29, 0.717) is 18.0 Å². The van der Waals surface area contributed by atoms with E-state index >= 15 is 0 Å². The molecule has 4 nitrogen and oxygen atoms in total. The van der Waals surface area contributed by atoms with Crippen molar-refractivity contribution in [1.82, 2.24) is 15.5 Å². The molecule has 0 spiro atoms. The predicted molar refractivity (Wildman–Crippen MR) is 92.6 cm³/mol. The van der Waals surface area contributed by atoms with Gasteiger partial charge in [0.1, 0.15) is 5.82 Å². The maximum absolute atomic E-state index is 13.3. The van der Waals surface area contributed by atoms with E-state index in [1.165, 1.54) is 6.07 Å². The first-order valence-electron chi connectivity index (χ1n) is 8.82. The fourth-order valence-electron chi connectivity index (χ4n) is 3.86. The van der Waals surface area contributed by atoms with Crippen LogP contribution in [0.2, 0.25) is 0 Å². The number of benzene rings is 1. The van der Waals surface area contributed by atoms with Crippen LogP contribution < -0.4 is 10.2 Å². The fourth-order valence-corrected chi connectivity index (χ4v) is 3.86. The first-order valence-corrected chi connectivity index (χ1v) is 8.82. The van der Waals surface area contributed by atoms with E-state index in [0.717, 1.165) is 50.2 Å². The van der Waals surface area contributed by atoms with Gasteiger partial charge in [-0.15, -0.1) is 5.10 Å². The summed E-state index contributed by atoms with van der Waals surface area (Å²) in [5.74, 6) is 1.36. The lowest BCUT2D eigenvalue weighted by Gasteiger charge is -2.41. The number of hydrogen-bond donors (Lipinski definition) is 1. The van der Waals surface area contributed by atoms with E-state index in [1.807, 2.05) is 24.3 Å². The fraction of sp³-hybridized carbons (Fsp3) is 0.474. The van der Waals surface area contributed by atoms with E-state index in [9.17, 15) is 4.39 Å². The second-order valence-corrected chi connectivity index (χ2v) is 6.93. The molecule has 1 aromatic carbocycles. The molecule has 0 radical (unpaired) electrons. The van der Waals surface area contributed by atoms with Crippen LogP contribution in [-0.4, -0.2) is 35.4 Å². The lowest BCUT2D eigenvalue weighted by molar-refractivity contribution is 0.247. The van der Waals surface area contributed by atoms with Crippen molar-refractivity contribution in [2.75, 3.05) is 18.0 Å². The summed E-state index contributed by atoms with van der Waals surface area (Å²) in [4.78, 5) is 2.31. The van der Waals surface area contributed by atoms with E-state index < -0.39 is 0 Å². The molecule has 1 saturated heterocycles. The van der Waals surface area contributed by atoms with Gasteiger partial charge in [0.15, 0.2) is 5.82 Å². The Morgan fingerprint density at radius 3 is 2.58 bits per heavy atom. The van der Waals surface area contributed by atoms with Crippen molar-refractivity contribution in [3.63, 3.8) is 0 Å². The molecule has 5 heteroatoms. The average Bonchev–Trinajstić information content (AvgIpc) is 2.59. The zero-order valence-electron chi connectivity index (χ0n) is 13.7. The van der Waals surface area contributed by atoms with Crippen LogP contribution >= 0.6 is 0 Å². The van der Waals surface area contributed by atoms with E-state index in [1.54, 1.807) is 12.3 Å². The van der Waals surface area contributed by atoms with Crippen LogP contribution in [0.4, 0.5) is 10.2 Å². The Bertz CT molecular complexity index is 664. The lowest BCUT2D eigenvalue weighted by atomic mass is 9.75. The minimum absolute atomic E-state index is 0.125. The lowest BCUT2D eigenvalue weighted by Crippen LogP contribution is -2.50. The molecule has 1 aliphatic heterocycles. The normalized spacial score (nSPS) is 24.6. The second kappa shape index (κ2) is 6.85. The van der Waals surface area contributed by atoms with Gasteiger partial charge in [0.05, 0.1) is 0 Å². The molecule has 126 valence electrons. The van der Waals surface area contributed by atoms with Crippen LogP contribution in [0, 0.1) is 5.82 Å². The molecule has 1 N–H and O–H groups in total. The highest BCUT2D eigenvalue weighted by atomic mass is 19.1. The van der Waals surface area contributed by atoms with Gasteiger partial charge in [-0.25, -0.2) is 4.39 Å².